The van der Waals surface area contributed by atoms with Gasteiger partial charge in [0.15, 0.2) is 0 Å². The van der Waals surface area contributed by atoms with Gasteiger partial charge in [-0.05, 0) is 43.7 Å². The lowest BCUT2D eigenvalue weighted by Gasteiger charge is -2.34. The lowest BCUT2D eigenvalue weighted by atomic mass is 10.0. The van der Waals surface area contributed by atoms with Crippen LogP contribution < -0.4 is 5.32 Å². The number of hydrogen-bond acceptors (Lipinski definition) is 3. The Morgan fingerprint density at radius 3 is 2.61 bits per heavy atom. The predicted octanol–water partition coefficient (Wildman–Crippen LogP) is 2.96. The van der Waals surface area contributed by atoms with E-state index in [1.165, 1.54) is 12.8 Å². The SMILES string of the molecule is COCC(NC1CCN(C(=O)c2ccccc2Cl)CC1)C1CC1. The second-order valence-electron chi connectivity index (χ2n) is 6.61. The molecular weight excluding hydrogens is 312 g/mol. The van der Waals surface area contributed by atoms with Crippen molar-refractivity contribution in [1.82, 2.24) is 10.2 Å². The topological polar surface area (TPSA) is 41.6 Å². The largest absolute Gasteiger partial charge is 0.383 e. The van der Waals surface area contributed by atoms with E-state index < -0.39 is 0 Å². The highest BCUT2D eigenvalue weighted by molar-refractivity contribution is 6.33. The van der Waals surface area contributed by atoms with E-state index in [4.69, 9.17) is 16.3 Å². The van der Waals surface area contributed by atoms with Crippen LogP contribution in [0.1, 0.15) is 36.0 Å². The number of carbonyl (C=O) groups excluding carboxylic acids is 1. The van der Waals surface area contributed by atoms with E-state index in [-0.39, 0.29) is 5.91 Å². The van der Waals surface area contributed by atoms with E-state index in [0.29, 0.717) is 22.7 Å². The summed E-state index contributed by atoms with van der Waals surface area (Å²) in [7, 11) is 1.77. The number of halogens is 1. The van der Waals surface area contributed by atoms with Gasteiger partial charge in [-0.15, -0.1) is 0 Å². The van der Waals surface area contributed by atoms with Crippen LogP contribution in [0.15, 0.2) is 24.3 Å². The summed E-state index contributed by atoms with van der Waals surface area (Å²) in [5, 5.41) is 4.27. The summed E-state index contributed by atoms with van der Waals surface area (Å²) >= 11 is 6.14. The number of carbonyl (C=O) groups is 1. The highest BCUT2D eigenvalue weighted by atomic mass is 35.5. The minimum Gasteiger partial charge on any atom is -0.383 e. The van der Waals surface area contributed by atoms with Gasteiger partial charge >= 0.3 is 0 Å². The number of nitrogens with zero attached hydrogens (tertiary/aromatic N) is 1. The van der Waals surface area contributed by atoms with Crippen molar-refractivity contribution in [2.75, 3.05) is 26.8 Å². The summed E-state index contributed by atoms with van der Waals surface area (Å²) in [5.74, 6) is 0.822. The second kappa shape index (κ2) is 7.65. The Morgan fingerprint density at radius 1 is 1.30 bits per heavy atom. The first-order valence-electron chi connectivity index (χ1n) is 8.48. The van der Waals surface area contributed by atoms with Gasteiger partial charge < -0.3 is 15.0 Å². The average Bonchev–Trinajstić information content (AvgIpc) is 3.40. The molecule has 0 spiro atoms. The zero-order valence-corrected chi connectivity index (χ0v) is 14.4. The Kier molecular flexibility index (Phi) is 5.57. The smallest absolute Gasteiger partial charge is 0.255 e. The molecule has 3 rings (SSSR count). The van der Waals surface area contributed by atoms with Crippen LogP contribution in [0.4, 0.5) is 0 Å². The molecule has 1 heterocycles. The van der Waals surface area contributed by atoms with Crippen LogP contribution in [0.2, 0.25) is 5.02 Å². The average molecular weight is 337 g/mol. The summed E-state index contributed by atoms with van der Waals surface area (Å²) in [6.07, 6.45) is 4.60. The van der Waals surface area contributed by atoms with Crippen molar-refractivity contribution in [2.24, 2.45) is 5.92 Å². The molecule has 0 aromatic heterocycles. The van der Waals surface area contributed by atoms with Crippen LogP contribution in [0.5, 0.6) is 0 Å². The molecule has 5 heteroatoms. The Morgan fingerprint density at radius 2 is 2.00 bits per heavy atom. The predicted molar refractivity (Wildman–Crippen MR) is 91.9 cm³/mol. The molecule has 0 bridgehead atoms. The van der Waals surface area contributed by atoms with E-state index in [2.05, 4.69) is 5.32 Å². The minimum absolute atomic E-state index is 0.0460. The van der Waals surface area contributed by atoms with Gasteiger partial charge in [-0.2, -0.15) is 0 Å². The first-order valence-corrected chi connectivity index (χ1v) is 8.85. The fraction of sp³-hybridized carbons (Fsp3) is 0.611. The number of ether oxygens (including phenoxy) is 1. The van der Waals surface area contributed by atoms with Crippen LogP contribution in [-0.4, -0.2) is 49.7 Å². The Hall–Kier alpha value is -1.10. The fourth-order valence-corrected chi connectivity index (χ4v) is 3.57. The van der Waals surface area contributed by atoms with Crippen molar-refractivity contribution in [1.29, 1.82) is 0 Å². The van der Waals surface area contributed by atoms with Crippen molar-refractivity contribution in [3.8, 4) is 0 Å². The molecule has 1 unspecified atom stereocenters. The third-order valence-corrected chi connectivity index (χ3v) is 5.20. The number of hydrogen-bond donors (Lipinski definition) is 1. The summed E-state index contributed by atoms with van der Waals surface area (Å²) in [5.41, 5.74) is 0.607. The molecule has 1 N–H and O–H groups in total. The van der Waals surface area contributed by atoms with Crippen LogP contribution in [0.25, 0.3) is 0 Å². The van der Waals surface area contributed by atoms with Gasteiger partial charge in [0.25, 0.3) is 5.91 Å². The van der Waals surface area contributed by atoms with Gasteiger partial charge in [0, 0.05) is 32.3 Å². The van der Waals surface area contributed by atoms with Gasteiger partial charge in [-0.1, -0.05) is 23.7 Å². The van der Waals surface area contributed by atoms with E-state index in [9.17, 15) is 4.79 Å². The van der Waals surface area contributed by atoms with Gasteiger partial charge in [0.2, 0.25) is 0 Å². The number of nitrogens with one attached hydrogen (secondary N) is 1. The van der Waals surface area contributed by atoms with Crippen LogP contribution in [-0.2, 0) is 4.74 Å². The van der Waals surface area contributed by atoms with E-state index in [1.54, 1.807) is 19.2 Å². The number of methoxy groups -OCH3 is 1. The van der Waals surface area contributed by atoms with Gasteiger partial charge in [-0.25, -0.2) is 0 Å². The highest BCUT2D eigenvalue weighted by Crippen LogP contribution is 2.33. The molecule has 0 radical (unpaired) electrons. The molecule has 2 aliphatic rings. The van der Waals surface area contributed by atoms with E-state index in [1.807, 2.05) is 17.0 Å². The zero-order valence-electron chi connectivity index (χ0n) is 13.6. The summed E-state index contributed by atoms with van der Waals surface area (Å²) in [6.45, 7) is 2.35. The monoisotopic (exact) mass is 336 g/mol. The van der Waals surface area contributed by atoms with Crippen LogP contribution in [0.3, 0.4) is 0 Å². The third-order valence-electron chi connectivity index (χ3n) is 4.87. The maximum atomic E-state index is 12.6. The molecular formula is C18H25ClN2O2. The summed E-state index contributed by atoms with van der Waals surface area (Å²) in [4.78, 5) is 14.5. The highest BCUT2D eigenvalue weighted by Gasteiger charge is 2.33. The number of likely N-dealkylation sites (tertiary alicyclic amines) is 1. The first-order chi connectivity index (χ1) is 11.2. The van der Waals surface area contributed by atoms with E-state index >= 15 is 0 Å². The quantitative estimate of drug-likeness (QED) is 0.868. The molecule has 1 saturated carbocycles. The molecule has 1 atom stereocenters. The third kappa shape index (κ3) is 4.25. The molecule has 1 aromatic carbocycles. The molecule has 1 amide bonds. The van der Waals surface area contributed by atoms with Crippen molar-refractivity contribution in [2.45, 2.75) is 37.8 Å². The van der Waals surface area contributed by atoms with Gasteiger partial charge in [0.1, 0.15) is 0 Å². The number of amides is 1. The van der Waals surface area contributed by atoms with Crippen LogP contribution in [0, 0.1) is 5.92 Å². The Balaban J connectivity index is 1.52. The van der Waals surface area contributed by atoms with Crippen LogP contribution >= 0.6 is 11.6 Å². The number of benzene rings is 1. The molecule has 23 heavy (non-hydrogen) atoms. The van der Waals surface area contributed by atoms with Crippen molar-refractivity contribution < 1.29 is 9.53 Å². The van der Waals surface area contributed by atoms with Gasteiger partial charge in [-0.3, -0.25) is 4.79 Å². The molecule has 4 nitrogen and oxygen atoms in total. The Labute approximate surface area is 143 Å². The Bertz CT molecular complexity index is 540. The van der Waals surface area contributed by atoms with Crippen molar-refractivity contribution in [3.05, 3.63) is 34.9 Å². The van der Waals surface area contributed by atoms with E-state index in [0.717, 1.165) is 38.5 Å². The van der Waals surface area contributed by atoms with Gasteiger partial charge in [0.05, 0.1) is 17.2 Å². The molecule has 1 aromatic rings. The zero-order chi connectivity index (χ0) is 16.2. The first kappa shape index (κ1) is 16.7. The maximum absolute atomic E-state index is 12.6. The maximum Gasteiger partial charge on any atom is 0.255 e. The number of rotatable bonds is 6. The standard InChI is InChI=1S/C18H25ClN2O2/c1-23-12-17(13-6-7-13)20-14-8-10-21(11-9-14)18(22)15-4-2-3-5-16(15)19/h2-5,13-14,17,20H,6-12H2,1H3. The lowest BCUT2D eigenvalue weighted by Crippen LogP contribution is -2.49. The molecule has 1 aliphatic carbocycles. The molecule has 2 fully saturated rings. The fourth-order valence-electron chi connectivity index (χ4n) is 3.36. The normalized spacial score (nSPS) is 20.5. The minimum atomic E-state index is 0.0460. The second-order valence-corrected chi connectivity index (χ2v) is 7.02. The summed E-state index contributed by atoms with van der Waals surface area (Å²) < 4.78 is 5.34. The molecule has 1 aliphatic heterocycles. The molecule has 126 valence electrons. The summed E-state index contributed by atoms with van der Waals surface area (Å²) in [6, 6.07) is 8.23. The van der Waals surface area contributed by atoms with Crippen molar-refractivity contribution in [3.63, 3.8) is 0 Å². The lowest BCUT2D eigenvalue weighted by molar-refractivity contribution is 0.0690. The molecule has 1 saturated heterocycles. The van der Waals surface area contributed by atoms with Crippen molar-refractivity contribution >= 4 is 17.5 Å². The number of piperidine rings is 1.